The third kappa shape index (κ3) is 6.05. The van der Waals surface area contributed by atoms with Gasteiger partial charge in [-0.15, -0.1) is 5.10 Å². The van der Waals surface area contributed by atoms with Crippen LogP contribution < -0.4 is 15.8 Å². The maximum atomic E-state index is 13.0. The molecule has 2 aromatic carbocycles. The van der Waals surface area contributed by atoms with Gasteiger partial charge in [-0.3, -0.25) is 9.69 Å². The second-order valence-corrected chi connectivity index (χ2v) is 9.87. The molecule has 8 nitrogen and oxygen atoms in total. The topological polar surface area (TPSA) is 98.3 Å². The summed E-state index contributed by atoms with van der Waals surface area (Å²) in [4.78, 5) is 19.7. The number of nitrogens with one attached hydrogen (secondary N) is 1. The molecule has 0 radical (unpaired) electrons. The standard InChI is InChI=1S/C28H36N6O2/c29-27-31-28(30-24-13-15-25(16-14-24)36-20-19-33-17-5-2-6-18-33)32-34(27)26(35)23-11-9-22(10-12-23)21-7-3-1-4-8-21/h9-16,21H,1-8,17-20H2,(H3,29,30,31,32). The number of carbonyl (C=O) groups is 1. The summed E-state index contributed by atoms with van der Waals surface area (Å²) in [5, 5.41) is 7.42. The van der Waals surface area contributed by atoms with Crippen molar-refractivity contribution in [1.29, 1.82) is 0 Å². The fourth-order valence-electron chi connectivity index (χ4n) is 5.22. The van der Waals surface area contributed by atoms with E-state index >= 15 is 0 Å². The minimum Gasteiger partial charge on any atom is -0.492 e. The predicted octanol–water partition coefficient (Wildman–Crippen LogP) is 5.20. The number of ether oxygens (including phenoxy) is 1. The summed E-state index contributed by atoms with van der Waals surface area (Å²) in [6.45, 7) is 3.98. The lowest BCUT2D eigenvalue weighted by atomic mass is 9.84. The van der Waals surface area contributed by atoms with Crippen LogP contribution >= 0.6 is 0 Å². The highest BCUT2D eigenvalue weighted by atomic mass is 16.5. The monoisotopic (exact) mass is 488 g/mol. The van der Waals surface area contributed by atoms with E-state index in [1.165, 1.54) is 70.0 Å². The third-order valence-corrected chi connectivity index (χ3v) is 7.29. The average Bonchev–Trinajstić information content (AvgIpc) is 3.30. The van der Waals surface area contributed by atoms with Gasteiger partial charge in [0.25, 0.3) is 5.91 Å². The van der Waals surface area contributed by atoms with E-state index in [2.05, 4.69) is 32.4 Å². The first-order valence-corrected chi connectivity index (χ1v) is 13.3. The SMILES string of the molecule is Nc1nc(Nc2ccc(OCCN3CCCCC3)cc2)nn1C(=O)c1ccc(C2CCCCC2)cc1. The quantitative estimate of drug-likeness (QED) is 0.449. The van der Waals surface area contributed by atoms with Crippen molar-refractivity contribution in [2.45, 2.75) is 57.3 Å². The maximum absolute atomic E-state index is 13.0. The largest absolute Gasteiger partial charge is 0.492 e. The summed E-state index contributed by atoms with van der Waals surface area (Å²) >= 11 is 0. The van der Waals surface area contributed by atoms with Gasteiger partial charge in [0.05, 0.1) is 0 Å². The van der Waals surface area contributed by atoms with Crippen LogP contribution in [0.15, 0.2) is 48.5 Å². The van der Waals surface area contributed by atoms with Gasteiger partial charge in [0.1, 0.15) is 12.4 Å². The molecule has 2 aliphatic rings. The van der Waals surface area contributed by atoms with Gasteiger partial charge in [0.15, 0.2) is 0 Å². The minimum atomic E-state index is -0.291. The summed E-state index contributed by atoms with van der Waals surface area (Å²) in [6, 6.07) is 15.5. The van der Waals surface area contributed by atoms with E-state index in [0.717, 1.165) is 22.7 Å². The normalized spacial score (nSPS) is 17.1. The zero-order chi connectivity index (χ0) is 24.7. The van der Waals surface area contributed by atoms with Gasteiger partial charge in [-0.2, -0.15) is 9.67 Å². The van der Waals surface area contributed by atoms with Crippen LogP contribution in [0.1, 0.15) is 73.2 Å². The zero-order valence-corrected chi connectivity index (χ0v) is 20.9. The number of rotatable bonds is 8. The summed E-state index contributed by atoms with van der Waals surface area (Å²) in [5.74, 6) is 1.46. The van der Waals surface area contributed by atoms with Crippen molar-refractivity contribution in [1.82, 2.24) is 19.7 Å². The van der Waals surface area contributed by atoms with Gasteiger partial charge in [-0.25, -0.2) is 0 Å². The van der Waals surface area contributed by atoms with Gasteiger partial charge in [0.2, 0.25) is 11.9 Å². The number of hydrogen-bond donors (Lipinski definition) is 2. The van der Waals surface area contributed by atoms with Crippen LogP contribution in [0.4, 0.5) is 17.6 Å². The molecule has 1 aliphatic carbocycles. The van der Waals surface area contributed by atoms with E-state index in [0.29, 0.717) is 18.1 Å². The molecule has 2 heterocycles. The lowest BCUT2D eigenvalue weighted by molar-refractivity contribution is 0.0948. The second kappa shape index (κ2) is 11.6. The highest BCUT2D eigenvalue weighted by Gasteiger charge is 2.19. The van der Waals surface area contributed by atoms with Crippen LogP contribution in [0, 0.1) is 0 Å². The Hall–Kier alpha value is -3.39. The Labute approximate surface area is 212 Å². The molecule has 190 valence electrons. The summed E-state index contributed by atoms with van der Waals surface area (Å²) in [6.07, 6.45) is 10.3. The fraction of sp³-hybridized carbons (Fsp3) is 0.464. The molecule has 5 rings (SSSR count). The number of hydrogen-bond acceptors (Lipinski definition) is 7. The van der Waals surface area contributed by atoms with Crippen LogP contribution in [0.3, 0.4) is 0 Å². The van der Waals surface area contributed by atoms with Crippen LogP contribution in [0.2, 0.25) is 0 Å². The van der Waals surface area contributed by atoms with Crippen molar-refractivity contribution in [2.24, 2.45) is 0 Å². The smallest absolute Gasteiger partial charge is 0.281 e. The number of nitrogens with zero attached hydrogens (tertiary/aromatic N) is 4. The summed E-state index contributed by atoms with van der Waals surface area (Å²) in [7, 11) is 0. The number of nitrogens with two attached hydrogens (primary N) is 1. The Morgan fingerprint density at radius 3 is 2.36 bits per heavy atom. The number of benzene rings is 2. The molecule has 1 aromatic heterocycles. The average molecular weight is 489 g/mol. The fourth-order valence-corrected chi connectivity index (χ4v) is 5.22. The van der Waals surface area contributed by atoms with Crippen molar-refractivity contribution in [3.8, 4) is 5.75 Å². The van der Waals surface area contributed by atoms with Crippen molar-refractivity contribution in [3.05, 3.63) is 59.7 Å². The Morgan fingerprint density at radius 2 is 1.64 bits per heavy atom. The third-order valence-electron chi connectivity index (χ3n) is 7.29. The number of nitrogen functional groups attached to an aromatic ring is 1. The minimum absolute atomic E-state index is 0.0523. The van der Waals surface area contributed by atoms with Crippen molar-refractivity contribution in [2.75, 3.05) is 37.3 Å². The number of anilines is 3. The molecule has 36 heavy (non-hydrogen) atoms. The number of likely N-dealkylation sites (tertiary alicyclic amines) is 1. The van der Waals surface area contributed by atoms with E-state index in [1.54, 1.807) is 0 Å². The molecule has 3 aromatic rings. The van der Waals surface area contributed by atoms with Gasteiger partial charge >= 0.3 is 0 Å². The molecule has 1 saturated carbocycles. The first-order chi connectivity index (χ1) is 17.7. The highest BCUT2D eigenvalue weighted by Crippen LogP contribution is 2.32. The maximum Gasteiger partial charge on any atom is 0.281 e. The van der Waals surface area contributed by atoms with Gasteiger partial charge < -0.3 is 15.8 Å². The highest BCUT2D eigenvalue weighted by molar-refractivity contribution is 5.96. The Kier molecular flexibility index (Phi) is 7.81. The van der Waals surface area contributed by atoms with Crippen molar-refractivity contribution in [3.63, 3.8) is 0 Å². The van der Waals surface area contributed by atoms with E-state index in [-0.39, 0.29) is 17.8 Å². The molecule has 0 atom stereocenters. The molecular weight excluding hydrogens is 452 g/mol. The lowest BCUT2D eigenvalue weighted by Crippen LogP contribution is -2.33. The lowest BCUT2D eigenvalue weighted by Gasteiger charge is -2.26. The number of carbonyl (C=O) groups excluding carboxylic acids is 1. The molecule has 2 fully saturated rings. The number of piperidine rings is 1. The first-order valence-electron chi connectivity index (χ1n) is 13.3. The molecular formula is C28H36N6O2. The van der Waals surface area contributed by atoms with Crippen LogP contribution in [-0.4, -0.2) is 51.8 Å². The van der Waals surface area contributed by atoms with Gasteiger partial charge in [-0.1, -0.05) is 37.8 Å². The Morgan fingerprint density at radius 1 is 0.944 bits per heavy atom. The van der Waals surface area contributed by atoms with Crippen LogP contribution in [0.5, 0.6) is 5.75 Å². The Balaban J connectivity index is 1.16. The summed E-state index contributed by atoms with van der Waals surface area (Å²) < 4.78 is 7.04. The molecule has 1 aliphatic heterocycles. The molecule has 3 N–H and O–H groups in total. The molecule has 0 amide bonds. The molecule has 0 bridgehead atoms. The molecule has 8 heteroatoms. The van der Waals surface area contributed by atoms with Crippen LogP contribution in [-0.2, 0) is 0 Å². The van der Waals surface area contributed by atoms with Gasteiger partial charge in [0, 0.05) is 17.8 Å². The second-order valence-electron chi connectivity index (χ2n) is 9.87. The van der Waals surface area contributed by atoms with E-state index in [4.69, 9.17) is 10.5 Å². The molecule has 0 spiro atoms. The zero-order valence-electron chi connectivity index (χ0n) is 20.9. The van der Waals surface area contributed by atoms with E-state index in [9.17, 15) is 4.79 Å². The number of aromatic nitrogens is 3. The first kappa shape index (κ1) is 24.3. The van der Waals surface area contributed by atoms with Crippen molar-refractivity contribution >= 4 is 23.5 Å². The van der Waals surface area contributed by atoms with Crippen LogP contribution in [0.25, 0.3) is 0 Å². The van der Waals surface area contributed by atoms with E-state index in [1.807, 2.05) is 36.4 Å². The van der Waals surface area contributed by atoms with Crippen molar-refractivity contribution < 1.29 is 9.53 Å². The Bertz CT molecular complexity index is 1130. The van der Waals surface area contributed by atoms with Gasteiger partial charge in [-0.05, 0) is 86.7 Å². The molecule has 1 saturated heterocycles. The van der Waals surface area contributed by atoms with E-state index < -0.39 is 0 Å². The summed E-state index contributed by atoms with van der Waals surface area (Å²) in [5.41, 5.74) is 8.67. The predicted molar refractivity (Wildman–Crippen MR) is 142 cm³/mol. The molecule has 0 unspecified atom stereocenters.